The van der Waals surface area contributed by atoms with Crippen molar-refractivity contribution in [2.24, 2.45) is 11.0 Å². The molecule has 29 heavy (non-hydrogen) atoms. The molecule has 1 aliphatic carbocycles. The molecule has 0 N–H and O–H groups in total. The normalized spacial score (nSPS) is 28.0. The summed E-state index contributed by atoms with van der Waals surface area (Å²) in [6.07, 6.45) is 5.44. The van der Waals surface area contributed by atoms with E-state index >= 15 is 0 Å². The Morgan fingerprint density at radius 3 is 2.55 bits per heavy atom. The Hall–Kier alpha value is -2.81. The molecule has 3 aliphatic rings. The fourth-order valence-corrected chi connectivity index (χ4v) is 5.32. The van der Waals surface area contributed by atoms with Crippen LogP contribution in [0.5, 0.6) is 5.75 Å². The third-order valence-electron chi connectivity index (χ3n) is 7.04. The number of para-hydroxylation sites is 1. The Bertz CT molecular complexity index is 1110. The predicted octanol–water partition coefficient (Wildman–Crippen LogP) is 6.29. The number of rotatable bonds is 1. The van der Waals surface area contributed by atoms with Gasteiger partial charge in [0.15, 0.2) is 5.72 Å². The lowest BCUT2D eigenvalue weighted by Crippen LogP contribution is -2.55. The number of benzene rings is 3. The van der Waals surface area contributed by atoms with Gasteiger partial charge in [-0.2, -0.15) is 5.10 Å². The maximum atomic E-state index is 6.70. The van der Waals surface area contributed by atoms with Gasteiger partial charge < -0.3 is 4.74 Å². The zero-order valence-electron chi connectivity index (χ0n) is 16.8. The molecule has 0 amide bonds. The van der Waals surface area contributed by atoms with Gasteiger partial charge in [0.2, 0.25) is 0 Å². The average Bonchev–Trinajstić information content (AvgIpc) is 3.22. The highest BCUT2D eigenvalue weighted by atomic mass is 16.5. The van der Waals surface area contributed by atoms with E-state index in [1.165, 1.54) is 40.5 Å². The minimum absolute atomic E-state index is 0.273. The van der Waals surface area contributed by atoms with Gasteiger partial charge in [-0.15, -0.1) is 0 Å². The Morgan fingerprint density at radius 2 is 1.69 bits per heavy atom. The molecule has 0 aromatic heterocycles. The van der Waals surface area contributed by atoms with Crippen LogP contribution in [0.4, 0.5) is 0 Å². The molecule has 0 bridgehead atoms. The lowest BCUT2D eigenvalue weighted by atomic mass is 9.82. The summed E-state index contributed by atoms with van der Waals surface area (Å²) in [7, 11) is 0. The highest BCUT2D eigenvalue weighted by Gasteiger charge is 2.51. The zero-order chi connectivity index (χ0) is 19.4. The average molecular weight is 383 g/mol. The maximum absolute atomic E-state index is 6.70. The molecule has 0 saturated heterocycles. The van der Waals surface area contributed by atoms with E-state index < -0.39 is 0 Å². The molecule has 1 spiro atoms. The van der Waals surface area contributed by atoms with Gasteiger partial charge in [0, 0.05) is 24.8 Å². The van der Waals surface area contributed by atoms with Crippen molar-refractivity contribution in [3.05, 3.63) is 77.9 Å². The van der Waals surface area contributed by atoms with E-state index in [9.17, 15) is 0 Å². The third kappa shape index (κ3) is 2.67. The molecule has 6 rings (SSSR count). The van der Waals surface area contributed by atoms with Gasteiger partial charge in [0.1, 0.15) is 5.75 Å². The first-order chi connectivity index (χ1) is 14.2. The van der Waals surface area contributed by atoms with Crippen LogP contribution in [0.15, 0.2) is 71.8 Å². The van der Waals surface area contributed by atoms with Crippen LogP contribution in [0.1, 0.15) is 56.2 Å². The van der Waals surface area contributed by atoms with Gasteiger partial charge in [-0.3, -0.25) is 0 Å². The van der Waals surface area contributed by atoms with E-state index in [2.05, 4.69) is 78.7 Å². The van der Waals surface area contributed by atoms with E-state index in [-0.39, 0.29) is 11.8 Å². The van der Waals surface area contributed by atoms with E-state index in [4.69, 9.17) is 9.84 Å². The van der Waals surface area contributed by atoms with Crippen molar-refractivity contribution in [1.82, 2.24) is 5.01 Å². The number of ether oxygens (including phenoxy) is 1. The first kappa shape index (κ1) is 17.1. The van der Waals surface area contributed by atoms with Gasteiger partial charge in [-0.05, 0) is 47.2 Å². The van der Waals surface area contributed by atoms with Gasteiger partial charge >= 0.3 is 0 Å². The third-order valence-corrected chi connectivity index (χ3v) is 7.04. The van der Waals surface area contributed by atoms with Crippen LogP contribution in [-0.2, 0) is 0 Å². The van der Waals surface area contributed by atoms with Crippen molar-refractivity contribution in [1.29, 1.82) is 0 Å². The Balaban J connectivity index is 1.44. The molecule has 3 aromatic rings. The number of fused-ring (bicyclic) bond motifs is 5. The monoisotopic (exact) mass is 382 g/mol. The first-order valence-electron chi connectivity index (χ1n) is 10.9. The Kier molecular flexibility index (Phi) is 3.74. The largest absolute Gasteiger partial charge is 0.466 e. The quantitative estimate of drug-likeness (QED) is 0.494. The van der Waals surface area contributed by atoms with E-state index in [0.717, 1.165) is 30.9 Å². The smallest absolute Gasteiger partial charge is 0.198 e. The van der Waals surface area contributed by atoms with Crippen LogP contribution in [0.2, 0.25) is 0 Å². The van der Waals surface area contributed by atoms with Crippen LogP contribution in [0.3, 0.4) is 0 Å². The fraction of sp³-hybridized carbons (Fsp3) is 0.346. The zero-order valence-corrected chi connectivity index (χ0v) is 16.8. The minimum atomic E-state index is -0.288. The molecule has 2 heterocycles. The summed E-state index contributed by atoms with van der Waals surface area (Å²) in [5, 5.41) is 10.1. The van der Waals surface area contributed by atoms with Crippen molar-refractivity contribution in [2.75, 3.05) is 0 Å². The molecule has 1 saturated carbocycles. The maximum Gasteiger partial charge on any atom is 0.198 e. The van der Waals surface area contributed by atoms with E-state index in [0.29, 0.717) is 0 Å². The van der Waals surface area contributed by atoms with Crippen molar-refractivity contribution in [3.8, 4) is 5.75 Å². The van der Waals surface area contributed by atoms with Crippen molar-refractivity contribution < 1.29 is 4.74 Å². The molecule has 3 aromatic carbocycles. The minimum Gasteiger partial charge on any atom is -0.466 e. The molecule has 1 unspecified atom stereocenters. The van der Waals surface area contributed by atoms with Crippen LogP contribution in [0, 0.1) is 5.92 Å². The molecular formula is C26H26N2O. The number of nitrogens with zero attached hydrogens (tertiary/aromatic N) is 2. The molecule has 3 heteroatoms. The molecule has 0 radical (unpaired) electrons. The Labute approximate surface area is 172 Å². The Morgan fingerprint density at radius 1 is 0.931 bits per heavy atom. The predicted molar refractivity (Wildman–Crippen MR) is 117 cm³/mol. The first-order valence-corrected chi connectivity index (χ1v) is 10.9. The van der Waals surface area contributed by atoms with Crippen LogP contribution < -0.4 is 4.74 Å². The molecular weight excluding hydrogens is 356 g/mol. The highest BCUT2D eigenvalue weighted by molar-refractivity contribution is 6.04. The van der Waals surface area contributed by atoms with Crippen LogP contribution in [0.25, 0.3) is 10.8 Å². The molecule has 1 fully saturated rings. The second-order valence-corrected chi connectivity index (χ2v) is 8.94. The lowest BCUT2D eigenvalue weighted by Gasteiger charge is -2.50. The van der Waals surface area contributed by atoms with E-state index in [1.54, 1.807) is 0 Å². The van der Waals surface area contributed by atoms with E-state index in [1.807, 2.05) is 0 Å². The summed E-state index contributed by atoms with van der Waals surface area (Å²) in [6, 6.07) is 24.1. The molecule has 3 nitrogen and oxygen atoms in total. The van der Waals surface area contributed by atoms with Crippen LogP contribution in [-0.4, -0.2) is 16.4 Å². The number of hydrazone groups is 1. The van der Waals surface area contributed by atoms with Crippen LogP contribution >= 0.6 is 0 Å². The summed E-state index contributed by atoms with van der Waals surface area (Å²) in [4.78, 5) is 0. The summed E-state index contributed by atoms with van der Waals surface area (Å²) in [5.74, 6) is 1.82. The summed E-state index contributed by atoms with van der Waals surface area (Å²) in [5.41, 5.74) is 3.40. The summed E-state index contributed by atoms with van der Waals surface area (Å²) >= 11 is 0. The summed E-state index contributed by atoms with van der Waals surface area (Å²) in [6.45, 7) is 2.36. The SMILES string of the molecule is CC1CCC2(CC1)Oc1ccccc1C1CC(c3ccc4ccccc4c3)=NN12. The van der Waals surface area contributed by atoms with Crippen molar-refractivity contribution in [3.63, 3.8) is 0 Å². The second kappa shape index (κ2) is 6.35. The standard InChI is InChI=1S/C26H26N2O/c1-18-12-14-26(15-13-18)28-24(22-8-4-5-9-25(22)29-26)17-23(27-28)21-11-10-19-6-2-3-7-20(19)16-21/h2-11,16,18,24H,12-15,17H2,1H3. The number of hydrogen-bond donors (Lipinski definition) is 0. The molecule has 1 atom stereocenters. The van der Waals surface area contributed by atoms with Gasteiger partial charge in [0.25, 0.3) is 0 Å². The summed E-state index contributed by atoms with van der Waals surface area (Å²) < 4.78 is 6.70. The van der Waals surface area contributed by atoms with Gasteiger partial charge in [-0.25, -0.2) is 5.01 Å². The second-order valence-electron chi connectivity index (χ2n) is 8.94. The van der Waals surface area contributed by atoms with Gasteiger partial charge in [0.05, 0.1) is 11.8 Å². The number of hydrogen-bond acceptors (Lipinski definition) is 3. The molecule has 146 valence electrons. The highest BCUT2D eigenvalue weighted by Crippen LogP contribution is 2.51. The van der Waals surface area contributed by atoms with Crippen molar-refractivity contribution in [2.45, 2.75) is 50.8 Å². The molecule has 2 aliphatic heterocycles. The van der Waals surface area contributed by atoms with Crippen molar-refractivity contribution >= 4 is 16.5 Å². The topological polar surface area (TPSA) is 24.8 Å². The lowest BCUT2D eigenvalue weighted by molar-refractivity contribution is -0.145. The fourth-order valence-electron chi connectivity index (χ4n) is 5.32. The van der Waals surface area contributed by atoms with Gasteiger partial charge in [-0.1, -0.05) is 61.5 Å².